The van der Waals surface area contributed by atoms with Crippen LogP contribution in [0.2, 0.25) is 0 Å². The van der Waals surface area contributed by atoms with Crippen LogP contribution in [-0.4, -0.2) is 43.0 Å². The van der Waals surface area contributed by atoms with E-state index in [0.717, 1.165) is 6.42 Å². The summed E-state index contributed by atoms with van der Waals surface area (Å²) < 4.78 is 5.29. The molecule has 2 amide bonds. The number of amides is 2. The summed E-state index contributed by atoms with van der Waals surface area (Å²) in [5, 5.41) is 0. The van der Waals surface area contributed by atoms with Gasteiger partial charge in [-0.15, -0.1) is 0 Å². The molecule has 1 aromatic carbocycles. The molecule has 6 heteroatoms. The van der Waals surface area contributed by atoms with Crippen LogP contribution in [0.4, 0.5) is 0 Å². The molecule has 1 unspecified atom stereocenters. The SMILES string of the molecule is CC(C)C(N)CCN(C)C(=O)c1ccccc1OCC(N)=O. The van der Waals surface area contributed by atoms with E-state index in [1.807, 2.05) is 0 Å². The summed E-state index contributed by atoms with van der Waals surface area (Å²) in [5.74, 6) is -0.0319. The molecule has 0 fully saturated rings. The molecule has 6 nitrogen and oxygen atoms in total. The zero-order valence-corrected chi connectivity index (χ0v) is 13.4. The average Bonchev–Trinajstić information content (AvgIpc) is 2.49. The smallest absolute Gasteiger partial charge is 0.257 e. The van der Waals surface area contributed by atoms with Crippen LogP contribution in [0, 0.1) is 5.92 Å². The monoisotopic (exact) mass is 307 g/mol. The minimum Gasteiger partial charge on any atom is -0.483 e. The first-order valence-electron chi connectivity index (χ1n) is 7.34. The van der Waals surface area contributed by atoms with Crippen LogP contribution in [0.5, 0.6) is 5.75 Å². The number of nitrogens with two attached hydrogens (primary N) is 2. The summed E-state index contributed by atoms with van der Waals surface area (Å²) in [6.07, 6.45) is 0.726. The van der Waals surface area contributed by atoms with E-state index >= 15 is 0 Å². The van der Waals surface area contributed by atoms with Gasteiger partial charge >= 0.3 is 0 Å². The van der Waals surface area contributed by atoms with Crippen molar-refractivity contribution >= 4 is 11.8 Å². The molecule has 0 bridgehead atoms. The fourth-order valence-corrected chi connectivity index (χ4v) is 1.90. The van der Waals surface area contributed by atoms with E-state index in [2.05, 4.69) is 13.8 Å². The van der Waals surface area contributed by atoms with E-state index in [1.54, 1.807) is 36.2 Å². The van der Waals surface area contributed by atoms with Gasteiger partial charge in [0.1, 0.15) is 5.75 Å². The fraction of sp³-hybridized carbons (Fsp3) is 0.500. The zero-order valence-electron chi connectivity index (χ0n) is 13.4. The van der Waals surface area contributed by atoms with Crippen molar-refractivity contribution in [3.8, 4) is 5.75 Å². The van der Waals surface area contributed by atoms with E-state index in [4.69, 9.17) is 16.2 Å². The molecule has 1 rings (SSSR count). The molecule has 0 aliphatic heterocycles. The van der Waals surface area contributed by atoms with Crippen molar-refractivity contribution in [1.29, 1.82) is 0 Å². The number of ether oxygens (including phenoxy) is 1. The number of rotatable bonds is 8. The first-order chi connectivity index (χ1) is 10.3. The minimum atomic E-state index is -0.585. The first-order valence-corrected chi connectivity index (χ1v) is 7.34. The number of para-hydroxylation sites is 1. The maximum atomic E-state index is 12.5. The Labute approximate surface area is 131 Å². The molecule has 0 spiro atoms. The zero-order chi connectivity index (χ0) is 16.7. The summed E-state index contributed by atoms with van der Waals surface area (Å²) in [7, 11) is 1.72. The molecule has 0 saturated carbocycles. The van der Waals surface area contributed by atoms with Gasteiger partial charge in [0.25, 0.3) is 11.8 Å². The normalized spacial score (nSPS) is 12.0. The van der Waals surface area contributed by atoms with Crippen molar-refractivity contribution in [2.24, 2.45) is 17.4 Å². The molecule has 0 aliphatic rings. The molecule has 0 heterocycles. The quantitative estimate of drug-likeness (QED) is 0.748. The number of carbonyl (C=O) groups excluding carboxylic acids is 2. The lowest BCUT2D eigenvalue weighted by atomic mass is 10.0. The highest BCUT2D eigenvalue weighted by atomic mass is 16.5. The number of carbonyl (C=O) groups is 2. The number of hydrogen-bond donors (Lipinski definition) is 2. The van der Waals surface area contributed by atoms with E-state index in [9.17, 15) is 9.59 Å². The Morgan fingerprint density at radius 2 is 1.91 bits per heavy atom. The van der Waals surface area contributed by atoms with Gasteiger partial charge in [-0.1, -0.05) is 26.0 Å². The highest BCUT2D eigenvalue weighted by Crippen LogP contribution is 2.19. The molecular weight excluding hydrogens is 282 g/mol. The van der Waals surface area contributed by atoms with Crippen molar-refractivity contribution < 1.29 is 14.3 Å². The summed E-state index contributed by atoms with van der Waals surface area (Å²) in [6.45, 7) is 4.41. The van der Waals surface area contributed by atoms with Gasteiger partial charge in [0, 0.05) is 19.6 Å². The molecule has 0 aromatic heterocycles. The standard InChI is InChI=1S/C16H25N3O3/c1-11(2)13(17)8-9-19(3)16(21)12-6-4-5-7-14(12)22-10-15(18)20/h4-7,11,13H,8-10,17H2,1-3H3,(H2,18,20). The summed E-state index contributed by atoms with van der Waals surface area (Å²) in [5.41, 5.74) is 11.5. The summed E-state index contributed by atoms with van der Waals surface area (Å²) >= 11 is 0. The first kappa shape index (κ1) is 18.0. The Hall–Kier alpha value is -2.08. The van der Waals surface area contributed by atoms with Crippen molar-refractivity contribution in [3.63, 3.8) is 0 Å². The van der Waals surface area contributed by atoms with E-state index in [0.29, 0.717) is 23.8 Å². The van der Waals surface area contributed by atoms with Crippen molar-refractivity contribution in [2.45, 2.75) is 26.3 Å². The Bertz CT molecular complexity index is 517. The highest BCUT2D eigenvalue weighted by Gasteiger charge is 2.18. The van der Waals surface area contributed by atoms with Crippen LogP contribution < -0.4 is 16.2 Å². The topological polar surface area (TPSA) is 98.7 Å². The summed E-state index contributed by atoms with van der Waals surface area (Å²) in [6, 6.07) is 6.85. The van der Waals surface area contributed by atoms with Crippen LogP contribution in [0.1, 0.15) is 30.6 Å². The van der Waals surface area contributed by atoms with Gasteiger partial charge in [0.2, 0.25) is 0 Å². The Morgan fingerprint density at radius 1 is 1.27 bits per heavy atom. The van der Waals surface area contributed by atoms with E-state index in [1.165, 1.54) is 0 Å². The van der Waals surface area contributed by atoms with Gasteiger partial charge in [-0.25, -0.2) is 0 Å². The molecule has 122 valence electrons. The number of hydrogen-bond acceptors (Lipinski definition) is 4. The van der Waals surface area contributed by atoms with Crippen LogP contribution in [0.3, 0.4) is 0 Å². The van der Waals surface area contributed by atoms with Gasteiger partial charge in [0.05, 0.1) is 5.56 Å². The molecule has 1 aromatic rings. The van der Waals surface area contributed by atoms with Crippen LogP contribution in [0.25, 0.3) is 0 Å². The Morgan fingerprint density at radius 3 is 2.50 bits per heavy atom. The van der Waals surface area contributed by atoms with Crippen molar-refractivity contribution in [3.05, 3.63) is 29.8 Å². The molecule has 0 saturated heterocycles. The second kappa shape index (κ2) is 8.38. The van der Waals surface area contributed by atoms with E-state index in [-0.39, 0.29) is 18.6 Å². The minimum absolute atomic E-state index is 0.0524. The molecule has 22 heavy (non-hydrogen) atoms. The third-order valence-corrected chi connectivity index (χ3v) is 3.49. The average molecular weight is 307 g/mol. The fourth-order valence-electron chi connectivity index (χ4n) is 1.90. The van der Waals surface area contributed by atoms with Crippen molar-refractivity contribution in [1.82, 2.24) is 4.90 Å². The third-order valence-electron chi connectivity index (χ3n) is 3.49. The van der Waals surface area contributed by atoms with Gasteiger partial charge in [-0.2, -0.15) is 0 Å². The van der Waals surface area contributed by atoms with Crippen LogP contribution >= 0.6 is 0 Å². The molecule has 4 N–H and O–H groups in total. The lowest BCUT2D eigenvalue weighted by molar-refractivity contribution is -0.119. The maximum Gasteiger partial charge on any atom is 0.257 e. The predicted octanol–water partition coefficient (Wildman–Crippen LogP) is 0.996. The second-order valence-corrected chi connectivity index (χ2v) is 5.67. The predicted molar refractivity (Wildman–Crippen MR) is 85.5 cm³/mol. The van der Waals surface area contributed by atoms with Crippen LogP contribution in [-0.2, 0) is 4.79 Å². The molecule has 0 radical (unpaired) electrons. The van der Waals surface area contributed by atoms with Gasteiger partial charge in [-0.3, -0.25) is 9.59 Å². The molecule has 1 atom stereocenters. The van der Waals surface area contributed by atoms with Gasteiger partial charge < -0.3 is 21.1 Å². The number of nitrogens with zero attached hydrogens (tertiary/aromatic N) is 1. The number of benzene rings is 1. The van der Waals surface area contributed by atoms with Gasteiger partial charge in [0.15, 0.2) is 6.61 Å². The Kier molecular flexibility index (Phi) is 6.85. The maximum absolute atomic E-state index is 12.5. The second-order valence-electron chi connectivity index (χ2n) is 5.67. The number of primary amides is 1. The molecular formula is C16H25N3O3. The lowest BCUT2D eigenvalue weighted by Crippen LogP contribution is -2.34. The largest absolute Gasteiger partial charge is 0.483 e. The summed E-state index contributed by atoms with van der Waals surface area (Å²) in [4.78, 5) is 24.9. The molecule has 0 aliphatic carbocycles. The van der Waals surface area contributed by atoms with Crippen molar-refractivity contribution in [2.75, 3.05) is 20.2 Å². The van der Waals surface area contributed by atoms with Crippen LogP contribution in [0.15, 0.2) is 24.3 Å². The van der Waals surface area contributed by atoms with Gasteiger partial charge in [-0.05, 0) is 24.5 Å². The highest BCUT2D eigenvalue weighted by molar-refractivity contribution is 5.96. The third kappa shape index (κ3) is 5.37. The lowest BCUT2D eigenvalue weighted by Gasteiger charge is -2.22. The van der Waals surface area contributed by atoms with E-state index < -0.39 is 5.91 Å². The Balaban J connectivity index is 2.73.